The first kappa shape index (κ1) is 30.4. The second kappa shape index (κ2) is 13.8. The van der Waals surface area contributed by atoms with Gasteiger partial charge in [-0.1, -0.05) is 18.2 Å². The van der Waals surface area contributed by atoms with E-state index in [1.165, 1.54) is 20.1 Å². The molecule has 40 heavy (non-hydrogen) atoms. The maximum atomic E-state index is 12.1. The Kier molecular flexibility index (Phi) is 10.5. The van der Waals surface area contributed by atoms with Gasteiger partial charge in [0.25, 0.3) is 0 Å². The van der Waals surface area contributed by atoms with Crippen LogP contribution in [-0.4, -0.2) is 73.3 Å². The van der Waals surface area contributed by atoms with Crippen molar-refractivity contribution in [3.8, 4) is 5.75 Å². The van der Waals surface area contributed by atoms with Crippen LogP contribution in [0.25, 0.3) is 0 Å². The molecule has 1 saturated heterocycles. The van der Waals surface area contributed by atoms with Crippen LogP contribution in [0.15, 0.2) is 36.6 Å². The average molecular weight is 565 g/mol. The third-order valence-corrected chi connectivity index (χ3v) is 5.76. The molecule has 0 spiro atoms. The minimum atomic E-state index is -1.41. The summed E-state index contributed by atoms with van der Waals surface area (Å²) in [6, 6.07) is 6.78. The molecule has 1 fully saturated rings. The van der Waals surface area contributed by atoms with Crippen LogP contribution in [0.3, 0.4) is 0 Å². The van der Waals surface area contributed by atoms with Crippen LogP contribution in [0.1, 0.15) is 52.7 Å². The molecule has 218 valence electrons. The van der Waals surface area contributed by atoms with Gasteiger partial charge in [0.1, 0.15) is 30.7 Å². The van der Waals surface area contributed by atoms with Crippen LogP contribution >= 0.6 is 0 Å². The molecule has 0 radical (unpaired) electrons. The molecule has 0 aromatic heterocycles. The van der Waals surface area contributed by atoms with E-state index in [1.807, 2.05) is 0 Å². The van der Waals surface area contributed by atoms with Gasteiger partial charge in [0.2, 0.25) is 12.4 Å². The van der Waals surface area contributed by atoms with E-state index in [0.29, 0.717) is 5.56 Å². The van der Waals surface area contributed by atoms with E-state index in [-0.39, 0.29) is 18.8 Å². The summed E-state index contributed by atoms with van der Waals surface area (Å²) in [5, 5.41) is 0. The molecule has 2 aliphatic rings. The maximum Gasteiger partial charge on any atom is 0.303 e. The Morgan fingerprint density at radius 3 is 2.00 bits per heavy atom. The molecule has 0 bridgehead atoms. The summed E-state index contributed by atoms with van der Waals surface area (Å²) >= 11 is 0. The van der Waals surface area contributed by atoms with E-state index in [9.17, 15) is 24.0 Å². The molecule has 13 heteroatoms. The average Bonchev–Trinajstić information content (AvgIpc) is 2.85. The molecule has 0 aliphatic carbocycles. The van der Waals surface area contributed by atoms with Crippen LogP contribution in [0.5, 0.6) is 5.75 Å². The van der Waals surface area contributed by atoms with Crippen molar-refractivity contribution in [3.63, 3.8) is 0 Å². The maximum absolute atomic E-state index is 12.1. The quantitative estimate of drug-likeness (QED) is 0.317. The van der Waals surface area contributed by atoms with Gasteiger partial charge in [-0.05, 0) is 12.1 Å². The van der Waals surface area contributed by atoms with Gasteiger partial charge in [-0.25, -0.2) is 0 Å². The predicted molar refractivity (Wildman–Crippen MR) is 132 cm³/mol. The van der Waals surface area contributed by atoms with Gasteiger partial charge in [0.05, 0.1) is 6.26 Å². The molecule has 2 heterocycles. The topological polar surface area (TPSA) is 159 Å². The van der Waals surface area contributed by atoms with Crippen LogP contribution < -0.4 is 4.74 Å². The summed E-state index contributed by atoms with van der Waals surface area (Å²) < 4.78 is 44.6. The molecular formula is C27H32O13. The molecule has 0 N–H and O–H groups in total. The molecule has 2 aliphatic heterocycles. The molecule has 0 saturated carbocycles. The molecule has 7 atom stereocenters. The summed E-state index contributed by atoms with van der Waals surface area (Å²) in [6.07, 6.45) is -4.45. The number of benzene rings is 1. The van der Waals surface area contributed by atoms with E-state index in [2.05, 4.69) is 0 Å². The normalized spacial score (nSPS) is 27.4. The number of carbonyl (C=O) groups is 5. The highest BCUT2D eigenvalue weighted by molar-refractivity contribution is 5.69. The Hall–Kier alpha value is -4.13. The lowest BCUT2D eigenvalue weighted by Crippen LogP contribution is -2.63. The van der Waals surface area contributed by atoms with Crippen molar-refractivity contribution >= 4 is 29.8 Å². The number of para-hydroxylation sites is 1. The Morgan fingerprint density at radius 1 is 0.775 bits per heavy atom. The van der Waals surface area contributed by atoms with Gasteiger partial charge in [-0.15, -0.1) is 0 Å². The minimum Gasteiger partial charge on any atom is -0.493 e. The standard InChI is InChI=1S/C27H32O13/c1-14(28)34-13-23-24(36-16(3)30)25(37-17(4)31)26(38-18(5)32)27(40-23)39-21-9-7-6-8-20(21)22-12-19(10-11-33-22)35-15(2)29/h6-11,19,22-27H,12-13H2,1-5H3/t19-,22-,23-,24-,25+,26-,27-/m0/s1. The van der Waals surface area contributed by atoms with E-state index in [1.54, 1.807) is 30.3 Å². The summed E-state index contributed by atoms with van der Waals surface area (Å²) in [5.74, 6) is -3.08. The van der Waals surface area contributed by atoms with Crippen molar-refractivity contribution in [1.29, 1.82) is 0 Å². The van der Waals surface area contributed by atoms with E-state index in [0.717, 1.165) is 20.8 Å². The molecule has 3 rings (SSSR count). The largest absolute Gasteiger partial charge is 0.493 e. The zero-order chi connectivity index (χ0) is 29.4. The number of ether oxygens (including phenoxy) is 8. The lowest BCUT2D eigenvalue weighted by molar-refractivity contribution is -0.288. The lowest BCUT2D eigenvalue weighted by Gasteiger charge is -2.44. The number of hydrogen-bond donors (Lipinski definition) is 0. The minimum absolute atomic E-state index is 0.255. The predicted octanol–water partition coefficient (Wildman–Crippen LogP) is 2.06. The second-order valence-corrected chi connectivity index (χ2v) is 9.06. The third kappa shape index (κ3) is 8.43. The van der Waals surface area contributed by atoms with Gasteiger partial charge in [-0.3, -0.25) is 24.0 Å². The lowest BCUT2D eigenvalue weighted by atomic mass is 9.97. The number of esters is 5. The summed E-state index contributed by atoms with van der Waals surface area (Å²) in [6.45, 7) is 5.50. The van der Waals surface area contributed by atoms with E-state index >= 15 is 0 Å². The zero-order valence-electron chi connectivity index (χ0n) is 22.7. The summed E-state index contributed by atoms with van der Waals surface area (Å²) in [7, 11) is 0. The highest BCUT2D eigenvalue weighted by Crippen LogP contribution is 2.37. The van der Waals surface area contributed by atoms with Crippen molar-refractivity contribution in [2.45, 2.75) is 84.0 Å². The van der Waals surface area contributed by atoms with Crippen LogP contribution in [-0.2, 0) is 57.1 Å². The number of rotatable bonds is 9. The van der Waals surface area contributed by atoms with Gasteiger partial charge >= 0.3 is 29.8 Å². The third-order valence-electron chi connectivity index (χ3n) is 5.76. The molecule has 0 amide bonds. The van der Waals surface area contributed by atoms with Gasteiger partial charge < -0.3 is 37.9 Å². The SMILES string of the molecule is CC(=O)OC[C@@H]1O[C@H](Oc2ccccc2[C@@H]2C[C@@H](OC(C)=O)C=CO2)[C@@H](OC(C)=O)[C@H](OC(C)=O)[C@H]1OC(C)=O. The molecule has 13 nitrogen and oxygen atoms in total. The van der Waals surface area contributed by atoms with E-state index in [4.69, 9.17) is 37.9 Å². The monoisotopic (exact) mass is 564 g/mol. The fourth-order valence-electron chi connectivity index (χ4n) is 4.34. The summed E-state index contributed by atoms with van der Waals surface area (Å²) in [5.41, 5.74) is 0.553. The van der Waals surface area contributed by atoms with Crippen molar-refractivity contribution in [3.05, 3.63) is 42.2 Å². The number of hydrogen-bond acceptors (Lipinski definition) is 13. The second-order valence-electron chi connectivity index (χ2n) is 9.06. The molecular weight excluding hydrogens is 532 g/mol. The Morgan fingerprint density at radius 2 is 1.38 bits per heavy atom. The molecule has 1 aromatic rings. The molecule has 1 aromatic carbocycles. The smallest absolute Gasteiger partial charge is 0.303 e. The Bertz CT molecular complexity index is 1130. The van der Waals surface area contributed by atoms with Crippen LogP contribution in [0.4, 0.5) is 0 Å². The van der Waals surface area contributed by atoms with Gasteiger partial charge in [0.15, 0.2) is 12.2 Å². The zero-order valence-corrected chi connectivity index (χ0v) is 22.7. The Balaban J connectivity index is 1.98. The van der Waals surface area contributed by atoms with Gasteiger partial charge in [-0.2, -0.15) is 0 Å². The first-order chi connectivity index (χ1) is 18.9. The summed E-state index contributed by atoms with van der Waals surface area (Å²) in [4.78, 5) is 59.1. The van der Waals surface area contributed by atoms with Crippen molar-refractivity contribution in [2.75, 3.05) is 6.61 Å². The first-order valence-electron chi connectivity index (χ1n) is 12.5. The van der Waals surface area contributed by atoms with Crippen LogP contribution in [0, 0.1) is 0 Å². The van der Waals surface area contributed by atoms with Crippen molar-refractivity contribution in [1.82, 2.24) is 0 Å². The fraction of sp³-hybridized carbons (Fsp3) is 0.519. The molecule has 0 unspecified atom stereocenters. The Labute approximate surface area is 230 Å². The van der Waals surface area contributed by atoms with Crippen LogP contribution in [0.2, 0.25) is 0 Å². The highest BCUT2D eigenvalue weighted by atomic mass is 16.7. The van der Waals surface area contributed by atoms with Crippen molar-refractivity contribution in [2.24, 2.45) is 0 Å². The fourth-order valence-corrected chi connectivity index (χ4v) is 4.34. The highest BCUT2D eigenvalue weighted by Gasteiger charge is 2.53. The van der Waals surface area contributed by atoms with Gasteiger partial charge in [0, 0.05) is 46.6 Å². The first-order valence-corrected chi connectivity index (χ1v) is 12.5. The number of carbonyl (C=O) groups excluding carboxylic acids is 5. The van der Waals surface area contributed by atoms with Crippen molar-refractivity contribution < 1.29 is 61.9 Å². The van der Waals surface area contributed by atoms with E-state index < -0.39 is 72.8 Å².